The number of benzene rings is 2. The van der Waals surface area contributed by atoms with Crippen molar-refractivity contribution < 1.29 is 0 Å². The molecule has 0 saturated heterocycles. The van der Waals surface area contributed by atoms with E-state index in [1.165, 1.54) is 59.3 Å². The van der Waals surface area contributed by atoms with Gasteiger partial charge in [0, 0.05) is 11.4 Å². The van der Waals surface area contributed by atoms with Gasteiger partial charge < -0.3 is 5.32 Å². The first-order chi connectivity index (χ1) is 12.8. The molecule has 1 saturated carbocycles. The first-order valence-electron chi connectivity index (χ1n) is 10.8. The van der Waals surface area contributed by atoms with Gasteiger partial charge in [-0.1, -0.05) is 32.9 Å². The molecule has 0 bridgehead atoms. The van der Waals surface area contributed by atoms with E-state index in [9.17, 15) is 0 Å². The van der Waals surface area contributed by atoms with Crippen LogP contribution in [0.5, 0.6) is 0 Å². The molecular weight excluding hydrogens is 326 g/mol. The highest BCUT2D eigenvalue weighted by Crippen LogP contribution is 2.39. The molecule has 0 aliphatic heterocycles. The van der Waals surface area contributed by atoms with Crippen LogP contribution in [-0.4, -0.2) is 0 Å². The lowest BCUT2D eigenvalue weighted by atomic mass is 9.68. The number of aryl methyl sites for hydroxylation is 4. The first kappa shape index (κ1) is 20.0. The van der Waals surface area contributed by atoms with Crippen LogP contribution in [0, 0.1) is 44.4 Å². The summed E-state index contributed by atoms with van der Waals surface area (Å²) in [6.07, 6.45) is 5.37. The van der Waals surface area contributed by atoms with Gasteiger partial charge in [0.1, 0.15) is 0 Å². The molecule has 0 radical (unpaired) electrons. The van der Waals surface area contributed by atoms with Crippen molar-refractivity contribution in [2.45, 2.75) is 67.2 Å². The summed E-state index contributed by atoms with van der Waals surface area (Å²) in [6, 6.07) is 13.5. The fourth-order valence-electron chi connectivity index (χ4n) is 4.74. The number of anilines is 2. The van der Waals surface area contributed by atoms with Crippen LogP contribution < -0.4 is 5.32 Å². The minimum Gasteiger partial charge on any atom is -0.356 e. The summed E-state index contributed by atoms with van der Waals surface area (Å²) >= 11 is 0. The molecule has 146 valence electrons. The predicted molar refractivity (Wildman–Crippen MR) is 119 cm³/mol. The third-order valence-electron chi connectivity index (χ3n) is 7.12. The van der Waals surface area contributed by atoms with Gasteiger partial charge in [0.25, 0.3) is 0 Å². The lowest BCUT2D eigenvalue weighted by Crippen LogP contribution is -2.28. The second-order valence-corrected chi connectivity index (χ2v) is 9.27. The van der Waals surface area contributed by atoms with Gasteiger partial charge in [-0.2, -0.15) is 0 Å². The second kappa shape index (κ2) is 8.50. The predicted octanol–water partition coefficient (Wildman–Crippen LogP) is 7.61. The Morgan fingerprint density at radius 3 is 2.04 bits per heavy atom. The quantitative estimate of drug-likeness (QED) is 0.576. The van der Waals surface area contributed by atoms with Crippen molar-refractivity contribution in [2.75, 3.05) is 5.32 Å². The van der Waals surface area contributed by atoms with Gasteiger partial charge in [0.05, 0.1) is 0 Å². The number of hydrogen-bond donors (Lipinski definition) is 1. The van der Waals surface area contributed by atoms with Gasteiger partial charge in [-0.05, 0) is 117 Å². The maximum Gasteiger partial charge on any atom is 0.0387 e. The maximum absolute atomic E-state index is 3.56. The summed E-state index contributed by atoms with van der Waals surface area (Å²) in [7, 11) is 0. The summed E-state index contributed by atoms with van der Waals surface area (Å²) in [5.41, 5.74) is 7.96. The summed E-state index contributed by atoms with van der Waals surface area (Å²) in [5.74, 6) is 3.55. The SMILES string of the molecule is Cc1ccc(Nc2ccc(CCC3CC(C)C(C)CC3C)c(C)c2)cc1C. The van der Waals surface area contributed by atoms with E-state index in [0.717, 1.165) is 23.7 Å². The minimum absolute atomic E-state index is 0.877. The van der Waals surface area contributed by atoms with Crippen molar-refractivity contribution in [3.05, 3.63) is 58.7 Å². The molecule has 0 spiro atoms. The Kier molecular flexibility index (Phi) is 6.29. The molecule has 1 aliphatic carbocycles. The Hall–Kier alpha value is -1.76. The van der Waals surface area contributed by atoms with Crippen molar-refractivity contribution in [3.8, 4) is 0 Å². The number of nitrogens with one attached hydrogen (secondary N) is 1. The highest BCUT2D eigenvalue weighted by atomic mass is 14.9. The molecule has 2 aromatic carbocycles. The minimum atomic E-state index is 0.877. The van der Waals surface area contributed by atoms with Gasteiger partial charge >= 0.3 is 0 Å². The van der Waals surface area contributed by atoms with Crippen LogP contribution in [0.25, 0.3) is 0 Å². The largest absolute Gasteiger partial charge is 0.356 e. The molecular formula is C26H37N. The van der Waals surface area contributed by atoms with Crippen LogP contribution in [-0.2, 0) is 6.42 Å². The number of rotatable bonds is 5. The fraction of sp³-hybridized carbons (Fsp3) is 0.538. The van der Waals surface area contributed by atoms with Crippen LogP contribution in [0.15, 0.2) is 36.4 Å². The third kappa shape index (κ3) is 4.94. The van der Waals surface area contributed by atoms with E-state index in [0.29, 0.717) is 0 Å². The maximum atomic E-state index is 3.56. The second-order valence-electron chi connectivity index (χ2n) is 9.27. The zero-order chi connectivity index (χ0) is 19.6. The molecule has 3 rings (SSSR count). The van der Waals surface area contributed by atoms with Crippen molar-refractivity contribution in [2.24, 2.45) is 23.7 Å². The van der Waals surface area contributed by atoms with Crippen LogP contribution in [0.3, 0.4) is 0 Å². The normalized spacial score (nSPS) is 25.4. The number of hydrogen-bond acceptors (Lipinski definition) is 1. The molecule has 1 N–H and O–H groups in total. The van der Waals surface area contributed by atoms with Gasteiger partial charge in [-0.25, -0.2) is 0 Å². The fourth-order valence-corrected chi connectivity index (χ4v) is 4.74. The van der Waals surface area contributed by atoms with Gasteiger partial charge in [-0.3, -0.25) is 0 Å². The van der Waals surface area contributed by atoms with Gasteiger partial charge in [-0.15, -0.1) is 0 Å². The molecule has 1 fully saturated rings. The highest BCUT2D eigenvalue weighted by Gasteiger charge is 2.29. The molecule has 0 aromatic heterocycles. The molecule has 4 unspecified atom stereocenters. The Balaban J connectivity index is 1.62. The van der Waals surface area contributed by atoms with Crippen molar-refractivity contribution in [1.82, 2.24) is 0 Å². The standard InChI is InChI=1S/C26H37N/c1-17-7-11-25(15-20(17)4)27-26-12-10-23(22(6)16-26)8-9-24-14-19(3)18(2)13-21(24)5/h7,10-12,15-16,18-19,21,24,27H,8-9,13-14H2,1-6H3. The van der Waals surface area contributed by atoms with Crippen molar-refractivity contribution in [3.63, 3.8) is 0 Å². The highest BCUT2D eigenvalue weighted by molar-refractivity contribution is 5.62. The summed E-state index contributed by atoms with van der Waals surface area (Å²) < 4.78 is 0. The Bertz CT molecular complexity index is 776. The zero-order valence-electron chi connectivity index (χ0n) is 18.1. The van der Waals surface area contributed by atoms with E-state index >= 15 is 0 Å². The topological polar surface area (TPSA) is 12.0 Å². The Morgan fingerprint density at radius 2 is 1.37 bits per heavy atom. The molecule has 1 nitrogen and oxygen atoms in total. The van der Waals surface area contributed by atoms with Crippen LogP contribution in [0.4, 0.5) is 11.4 Å². The van der Waals surface area contributed by atoms with Crippen molar-refractivity contribution in [1.29, 1.82) is 0 Å². The molecule has 1 aliphatic rings. The smallest absolute Gasteiger partial charge is 0.0387 e. The van der Waals surface area contributed by atoms with Crippen molar-refractivity contribution >= 4 is 11.4 Å². The average molecular weight is 364 g/mol. The van der Waals surface area contributed by atoms with Gasteiger partial charge in [0.2, 0.25) is 0 Å². The molecule has 2 aromatic rings. The molecule has 1 heteroatoms. The summed E-state index contributed by atoms with van der Waals surface area (Å²) in [5, 5.41) is 3.56. The van der Waals surface area contributed by atoms with E-state index < -0.39 is 0 Å². The van der Waals surface area contributed by atoms with E-state index in [-0.39, 0.29) is 0 Å². The van der Waals surface area contributed by atoms with Crippen LogP contribution in [0.2, 0.25) is 0 Å². The van der Waals surface area contributed by atoms with E-state index in [4.69, 9.17) is 0 Å². The summed E-state index contributed by atoms with van der Waals surface area (Å²) in [4.78, 5) is 0. The van der Waals surface area contributed by atoms with E-state index in [2.05, 4.69) is 83.3 Å². The summed E-state index contributed by atoms with van der Waals surface area (Å²) in [6.45, 7) is 13.9. The third-order valence-corrected chi connectivity index (χ3v) is 7.12. The monoisotopic (exact) mass is 363 g/mol. The van der Waals surface area contributed by atoms with E-state index in [1.54, 1.807) is 0 Å². The molecule has 0 amide bonds. The Labute approximate surface area is 166 Å². The molecule has 27 heavy (non-hydrogen) atoms. The van der Waals surface area contributed by atoms with Gasteiger partial charge in [0.15, 0.2) is 0 Å². The van der Waals surface area contributed by atoms with Crippen LogP contribution in [0.1, 0.15) is 62.3 Å². The molecule has 0 heterocycles. The average Bonchev–Trinajstić information content (AvgIpc) is 2.61. The lowest BCUT2D eigenvalue weighted by Gasteiger charge is -2.37. The Morgan fingerprint density at radius 1 is 0.741 bits per heavy atom. The lowest BCUT2D eigenvalue weighted by molar-refractivity contribution is 0.137. The zero-order valence-corrected chi connectivity index (χ0v) is 18.1. The first-order valence-corrected chi connectivity index (χ1v) is 10.8. The van der Waals surface area contributed by atoms with Crippen LogP contribution >= 0.6 is 0 Å². The van der Waals surface area contributed by atoms with E-state index in [1.807, 2.05) is 0 Å². The molecule has 4 atom stereocenters.